The maximum atomic E-state index is 12.9. The number of aliphatic carboxylic acids is 1. The Labute approximate surface area is 237 Å². The van der Waals surface area contributed by atoms with Crippen LogP contribution in [0, 0.1) is 0 Å². The number of amides is 1. The smallest absolute Gasteiger partial charge is 0.306 e. The number of rotatable bonds is 10. The van der Waals surface area contributed by atoms with Gasteiger partial charge in [0.1, 0.15) is 6.17 Å². The second-order valence-corrected chi connectivity index (χ2v) is 11.6. The first-order valence-corrected chi connectivity index (χ1v) is 14.6. The minimum Gasteiger partial charge on any atom is -0.481 e. The van der Waals surface area contributed by atoms with Crippen molar-refractivity contribution < 1.29 is 23.1 Å². The number of piperidine rings is 1. The van der Waals surface area contributed by atoms with Gasteiger partial charge in [0, 0.05) is 36.1 Å². The summed E-state index contributed by atoms with van der Waals surface area (Å²) < 4.78 is 27.7. The van der Waals surface area contributed by atoms with Crippen LogP contribution in [-0.2, 0) is 14.8 Å². The van der Waals surface area contributed by atoms with E-state index in [-0.39, 0.29) is 16.5 Å². The van der Waals surface area contributed by atoms with Crippen LogP contribution in [-0.4, -0.2) is 60.7 Å². The SMILES string of the molecule is Nc1ccc(S(=O)(=O)NC(CC(=O)O)NC(=O)c2ccc(N3CCC(Nc4nc5ccccc5[nH]4)CC3)cc2)cc1. The van der Waals surface area contributed by atoms with Crippen LogP contribution in [0.25, 0.3) is 11.0 Å². The number of benzene rings is 3. The predicted octanol–water partition coefficient (Wildman–Crippen LogP) is 2.74. The molecule has 1 aromatic heterocycles. The molecule has 1 saturated heterocycles. The van der Waals surface area contributed by atoms with Crippen molar-refractivity contribution in [3.05, 3.63) is 78.4 Å². The van der Waals surface area contributed by atoms with Crippen molar-refractivity contribution in [2.75, 3.05) is 29.0 Å². The van der Waals surface area contributed by atoms with E-state index in [1.54, 1.807) is 12.1 Å². The number of carbonyl (C=O) groups excluding carboxylic acids is 1. The average Bonchev–Trinajstić information content (AvgIpc) is 3.35. The number of fused-ring (bicyclic) bond motifs is 1. The minimum absolute atomic E-state index is 0.0998. The molecule has 0 saturated carbocycles. The number of nitrogens with one attached hydrogen (secondary N) is 4. The predicted molar refractivity (Wildman–Crippen MR) is 156 cm³/mol. The second-order valence-electron chi connectivity index (χ2n) is 9.87. The third kappa shape index (κ3) is 6.94. The van der Waals surface area contributed by atoms with E-state index in [1.807, 2.05) is 36.4 Å². The topological polar surface area (TPSA) is 183 Å². The fourth-order valence-corrected chi connectivity index (χ4v) is 5.91. The van der Waals surface area contributed by atoms with E-state index in [4.69, 9.17) is 5.73 Å². The Bertz CT molecular complexity index is 1600. The van der Waals surface area contributed by atoms with Crippen LogP contribution in [0.4, 0.5) is 17.3 Å². The fraction of sp³-hybridized carbons (Fsp3) is 0.250. The number of carboxylic acid groups (broad SMARTS) is 1. The largest absolute Gasteiger partial charge is 0.481 e. The number of carboxylic acids is 1. The summed E-state index contributed by atoms with van der Waals surface area (Å²) in [5, 5.41) is 15.2. The van der Waals surface area contributed by atoms with E-state index in [9.17, 15) is 23.1 Å². The zero-order valence-electron chi connectivity index (χ0n) is 22.1. The van der Waals surface area contributed by atoms with Gasteiger partial charge in [-0.15, -0.1) is 0 Å². The number of nitrogens with two attached hydrogens (primary N) is 1. The van der Waals surface area contributed by atoms with Gasteiger partial charge in [-0.2, -0.15) is 4.72 Å². The molecule has 1 unspecified atom stereocenters. The van der Waals surface area contributed by atoms with E-state index in [1.165, 1.54) is 24.3 Å². The maximum Gasteiger partial charge on any atom is 0.306 e. The van der Waals surface area contributed by atoms with E-state index < -0.39 is 34.5 Å². The summed E-state index contributed by atoms with van der Waals surface area (Å²) in [6.07, 6.45) is -0.190. The molecule has 12 nitrogen and oxygen atoms in total. The molecule has 1 fully saturated rings. The molecule has 1 atom stereocenters. The highest BCUT2D eigenvalue weighted by atomic mass is 32.2. The van der Waals surface area contributed by atoms with Gasteiger partial charge < -0.3 is 31.4 Å². The van der Waals surface area contributed by atoms with Crippen molar-refractivity contribution in [2.24, 2.45) is 0 Å². The Morgan fingerprint density at radius 3 is 2.37 bits per heavy atom. The molecule has 0 spiro atoms. The van der Waals surface area contributed by atoms with Crippen molar-refractivity contribution in [1.82, 2.24) is 20.0 Å². The Morgan fingerprint density at radius 2 is 1.71 bits per heavy atom. The second kappa shape index (κ2) is 11.9. The lowest BCUT2D eigenvalue weighted by Crippen LogP contribution is -2.49. The molecule has 13 heteroatoms. The van der Waals surface area contributed by atoms with Gasteiger partial charge in [-0.05, 0) is 73.5 Å². The number of hydrogen-bond acceptors (Lipinski definition) is 8. The highest BCUT2D eigenvalue weighted by Gasteiger charge is 2.25. The van der Waals surface area contributed by atoms with Crippen molar-refractivity contribution in [2.45, 2.75) is 36.4 Å². The Hall–Kier alpha value is -4.62. The lowest BCUT2D eigenvalue weighted by atomic mass is 10.0. The van der Waals surface area contributed by atoms with Gasteiger partial charge in [0.15, 0.2) is 0 Å². The van der Waals surface area contributed by atoms with Crippen LogP contribution in [0.2, 0.25) is 0 Å². The van der Waals surface area contributed by atoms with Crippen molar-refractivity contribution in [3.63, 3.8) is 0 Å². The summed E-state index contributed by atoms with van der Waals surface area (Å²) in [6, 6.07) is 20.5. The number of anilines is 3. The van der Waals surface area contributed by atoms with E-state index in [2.05, 4.69) is 30.2 Å². The number of hydrogen-bond donors (Lipinski definition) is 6. The number of H-pyrrole nitrogens is 1. The molecule has 0 radical (unpaired) electrons. The number of aromatic nitrogens is 2. The summed E-state index contributed by atoms with van der Waals surface area (Å²) in [6.45, 7) is 1.63. The summed E-state index contributed by atoms with van der Waals surface area (Å²) in [4.78, 5) is 34.3. The van der Waals surface area contributed by atoms with Crippen LogP contribution in [0.15, 0.2) is 77.7 Å². The van der Waals surface area contributed by atoms with Crippen LogP contribution in [0.5, 0.6) is 0 Å². The van der Waals surface area contributed by atoms with Gasteiger partial charge in [-0.3, -0.25) is 9.59 Å². The molecule has 3 aromatic carbocycles. The molecule has 214 valence electrons. The van der Waals surface area contributed by atoms with Crippen molar-refractivity contribution in [3.8, 4) is 0 Å². The normalized spacial score (nSPS) is 15.0. The first-order valence-electron chi connectivity index (χ1n) is 13.1. The number of nitrogen functional groups attached to an aromatic ring is 1. The average molecular weight is 578 g/mol. The molecule has 2 heterocycles. The summed E-state index contributed by atoms with van der Waals surface area (Å²) in [5.74, 6) is -1.11. The first-order chi connectivity index (χ1) is 19.7. The quantitative estimate of drug-likeness (QED) is 0.122. The number of carbonyl (C=O) groups is 2. The molecule has 1 amide bonds. The zero-order chi connectivity index (χ0) is 29.0. The summed E-state index contributed by atoms with van der Waals surface area (Å²) in [7, 11) is -4.10. The molecule has 5 rings (SSSR count). The summed E-state index contributed by atoms with van der Waals surface area (Å²) >= 11 is 0. The number of para-hydroxylation sites is 2. The van der Waals surface area contributed by atoms with Crippen molar-refractivity contribution >= 4 is 50.3 Å². The Morgan fingerprint density at radius 1 is 1.02 bits per heavy atom. The lowest BCUT2D eigenvalue weighted by molar-refractivity contribution is -0.137. The maximum absolute atomic E-state index is 12.9. The van der Waals surface area contributed by atoms with Gasteiger partial charge in [-0.25, -0.2) is 13.4 Å². The molecular weight excluding hydrogens is 546 g/mol. The monoisotopic (exact) mass is 577 g/mol. The van der Waals surface area contributed by atoms with Crippen molar-refractivity contribution in [1.29, 1.82) is 0 Å². The Balaban J connectivity index is 1.17. The number of imidazole rings is 1. The van der Waals surface area contributed by atoms with Crippen LogP contribution < -0.4 is 26.0 Å². The standard InChI is InChI=1S/C28H31N7O5S/c29-19-7-11-22(12-8-19)41(39,40)34-25(17-26(36)37)33-27(38)18-5-9-21(10-6-18)35-15-13-20(14-16-35)30-28-31-23-3-1-2-4-24(23)32-28/h1-12,20,25,34H,13-17,29H2,(H,33,38)(H,36,37)(H2,30,31,32). The van der Waals surface area contributed by atoms with E-state index >= 15 is 0 Å². The number of aromatic amines is 1. The minimum atomic E-state index is -4.10. The molecule has 1 aliphatic rings. The van der Waals surface area contributed by atoms with Gasteiger partial charge in [-0.1, -0.05) is 12.1 Å². The van der Waals surface area contributed by atoms with Gasteiger partial charge in [0.25, 0.3) is 5.91 Å². The third-order valence-corrected chi connectivity index (χ3v) is 8.38. The van der Waals surface area contributed by atoms with Crippen LogP contribution in [0.1, 0.15) is 29.6 Å². The lowest BCUT2D eigenvalue weighted by Gasteiger charge is -2.34. The Kier molecular flexibility index (Phi) is 8.08. The summed E-state index contributed by atoms with van der Waals surface area (Å²) in [5.41, 5.74) is 9.13. The molecular formula is C28H31N7O5S. The van der Waals surface area contributed by atoms with Crippen LogP contribution >= 0.6 is 0 Å². The molecule has 41 heavy (non-hydrogen) atoms. The molecule has 0 aliphatic carbocycles. The number of nitrogens with zero attached hydrogens (tertiary/aromatic N) is 2. The van der Waals surface area contributed by atoms with Gasteiger partial charge >= 0.3 is 5.97 Å². The fourth-order valence-electron chi connectivity index (χ4n) is 4.76. The van der Waals surface area contributed by atoms with E-state index in [0.717, 1.165) is 48.6 Å². The zero-order valence-corrected chi connectivity index (χ0v) is 22.9. The molecule has 7 N–H and O–H groups in total. The first kappa shape index (κ1) is 27.9. The highest BCUT2D eigenvalue weighted by Crippen LogP contribution is 2.23. The third-order valence-electron chi connectivity index (χ3n) is 6.89. The molecule has 0 bridgehead atoms. The van der Waals surface area contributed by atoms with Gasteiger partial charge in [0.05, 0.1) is 22.3 Å². The van der Waals surface area contributed by atoms with E-state index in [0.29, 0.717) is 5.69 Å². The molecule has 1 aliphatic heterocycles. The molecule has 4 aromatic rings. The van der Waals surface area contributed by atoms with Crippen LogP contribution in [0.3, 0.4) is 0 Å². The number of sulfonamides is 1. The highest BCUT2D eigenvalue weighted by molar-refractivity contribution is 7.89. The van der Waals surface area contributed by atoms with Gasteiger partial charge in [0.2, 0.25) is 16.0 Å².